The van der Waals surface area contributed by atoms with Crippen LogP contribution < -0.4 is 5.32 Å². The fraction of sp³-hybridized carbons (Fsp3) is 0.278. The van der Waals surface area contributed by atoms with E-state index in [9.17, 15) is 9.18 Å². The van der Waals surface area contributed by atoms with Gasteiger partial charge in [0.25, 0.3) is 0 Å². The van der Waals surface area contributed by atoms with Crippen LogP contribution in [-0.2, 0) is 11.2 Å². The number of carbonyl (C=O) groups excluding carboxylic acids is 1. The van der Waals surface area contributed by atoms with Crippen LogP contribution in [0.5, 0.6) is 0 Å². The fourth-order valence-corrected chi connectivity index (χ4v) is 5.33. The van der Waals surface area contributed by atoms with Crippen molar-refractivity contribution in [2.24, 2.45) is 0 Å². The summed E-state index contributed by atoms with van der Waals surface area (Å²) in [6.45, 7) is 0. The molecule has 0 spiro atoms. The molecule has 1 fully saturated rings. The molecule has 2 nitrogen and oxygen atoms in total. The predicted octanol–water partition coefficient (Wildman–Crippen LogP) is 4.88. The smallest absolute Gasteiger partial charge is 0.224 e. The summed E-state index contributed by atoms with van der Waals surface area (Å²) in [4.78, 5) is 12.1. The molecule has 1 saturated heterocycles. The number of hydrogen-bond donors (Lipinski definition) is 1. The summed E-state index contributed by atoms with van der Waals surface area (Å²) in [6, 6.07) is 14.6. The van der Waals surface area contributed by atoms with Gasteiger partial charge in [0, 0.05) is 23.6 Å². The third-order valence-electron chi connectivity index (χ3n) is 3.64. The standard InChI is InChI=1S/C18H18FNOS2/c19-16-7-2-1-4-13(16)8-9-17(21)20-15-6-3-5-14(12-15)18-22-10-11-23-18/h1-7,12,18H,8-11H2,(H,20,21). The van der Waals surface area contributed by atoms with Gasteiger partial charge in [0.1, 0.15) is 5.82 Å². The molecular formula is C18H18FNOS2. The molecule has 2 aromatic carbocycles. The molecule has 3 rings (SSSR count). The number of amides is 1. The van der Waals surface area contributed by atoms with Crippen molar-refractivity contribution in [3.63, 3.8) is 0 Å². The first kappa shape index (κ1) is 16.4. The summed E-state index contributed by atoms with van der Waals surface area (Å²) in [5, 5.41) is 2.92. The van der Waals surface area contributed by atoms with Crippen molar-refractivity contribution < 1.29 is 9.18 Å². The van der Waals surface area contributed by atoms with Crippen LogP contribution in [0.25, 0.3) is 0 Å². The predicted molar refractivity (Wildman–Crippen MR) is 97.4 cm³/mol. The molecule has 1 aliphatic rings. The number of aryl methyl sites for hydroxylation is 1. The second-order valence-corrected chi connectivity index (χ2v) is 8.06. The number of rotatable bonds is 5. The van der Waals surface area contributed by atoms with E-state index in [4.69, 9.17) is 0 Å². The average Bonchev–Trinajstić information content (AvgIpc) is 3.09. The van der Waals surface area contributed by atoms with Gasteiger partial charge in [0.15, 0.2) is 0 Å². The lowest BCUT2D eigenvalue weighted by Crippen LogP contribution is -2.12. The minimum absolute atomic E-state index is 0.0860. The molecule has 0 saturated carbocycles. The quantitative estimate of drug-likeness (QED) is 0.836. The zero-order valence-electron chi connectivity index (χ0n) is 12.6. The minimum Gasteiger partial charge on any atom is -0.326 e. The zero-order chi connectivity index (χ0) is 16.1. The van der Waals surface area contributed by atoms with Crippen LogP contribution in [0.4, 0.5) is 10.1 Å². The van der Waals surface area contributed by atoms with E-state index in [1.165, 1.54) is 23.1 Å². The molecule has 5 heteroatoms. The Hall–Kier alpha value is -1.46. The number of thioether (sulfide) groups is 2. The van der Waals surface area contributed by atoms with Crippen LogP contribution in [0.2, 0.25) is 0 Å². The van der Waals surface area contributed by atoms with Crippen molar-refractivity contribution in [2.45, 2.75) is 17.4 Å². The molecule has 2 aromatic rings. The Bertz CT molecular complexity index is 686. The lowest BCUT2D eigenvalue weighted by molar-refractivity contribution is -0.116. The Morgan fingerprint density at radius 3 is 2.70 bits per heavy atom. The first-order valence-corrected chi connectivity index (χ1v) is 9.68. The number of anilines is 1. The van der Waals surface area contributed by atoms with E-state index < -0.39 is 0 Å². The fourth-order valence-electron chi connectivity index (χ4n) is 2.49. The molecule has 0 bridgehead atoms. The summed E-state index contributed by atoms with van der Waals surface area (Å²) < 4.78 is 14.0. The highest BCUT2D eigenvalue weighted by Crippen LogP contribution is 2.45. The number of hydrogen-bond acceptors (Lipinski definition) is 3. The van der Waals surface area contributed by atoms with E-state index in [0.717, 1.165) is 5.69 Å². The van der Waals surface area contributed by atoms with Gasteiger partial charge < -0.3 is 5.32 Å². The van der Waals surface area contributed by atoms with E-state index in [0.29, 0.717) is 16.6 Å². The highest BCUT2D eigenvalue weighted by atomic mass is 32.2. The Morgan fingerprint density at radius 2 is 1.91 bits per heavy atom. The second-order valence-electron chi connectivity index (χ2n) is 5.34. The number of nitrogens with one attached hydrogen (secondary N) is 1. The molecule has 23 heavy (non-hydrogen) atoms. The minimum atomic E-state index is -0.252. The molecule has 120 valence electrons. The van der Waals surface area contributed by atoms with Gasteiger partial charge in [-0.1, -0.05) is 30.3 Å². The summed E-state index contributed by atoms with van der Waals surface area (Å²) >= 11 is 3.88. The maximum absolute atomic E-state index is 13.6. The lowest BCUT2D eigenvalue weighted by Gasteiger charge is -2.11. The summed E-state index contributed by atoms with van der Waals surface area (Å²) in [7, 11) is 0. The largest absolute Gasteiger partial charge is 0.326 e. The van der Waals surface area contributed by atoms with Crippen LogP contribution in [0.1, 0.15) is 22.1 Å². The Balaban J connectivity index is 1.57. The monoisotopic (exact) mass is 347 g/mol. The van der Waals surface area contributed by atoms with Crippen molar-refractivity contribution in [2.75, 3.05) is 16.8 Å². The summed E-state index contributed by atoms with van der Waals surface area (Å²) in [6.07, 6.45) is 0.685. The second kappa shape index (κ2) is 7.88. The van der Waals surface area contributed by atoms with E-state index >= 15 is 0 Å². The molecule has 0 aromatic heterocycles. The SMILES string of the molecule is O=C(CCc1ccccc1F)Nc1cccc(C2SCCS2)c1. The molecular weight excluding hydrogens is 329 g/mol. The van der Waals surface area contributed by atoms with Crippen LogP contribution >= 0.6 is 23.5 Å². The molecule has 0 unspecified atom stereocenters. The van der Waals surface area contributed by atoms with Crippen LogP contribution in [0.3, 0.4) is 0 Å². The topological polar surface area (TPSA) is 29.1 Å². The Morgan fingerprint density at radius 1 is 1.13 bits per heavy atom. The van der Waals surface area contributed by atoms with Crippen molar-refractivity contribution in [3.05, 3.63) is 65.5 Å². The van der Waals surface area contributed by atoms with E-state index in [1.54, 1.807) is 18.2 Å². The van der Waals surface area contributed by atoms with E-state index in [-0.39, 0.29) is 18.1 Å². The van der Waals surface area contributed by atoms with Crippen LogP contribution in [0.15, 0.2) is 48.5 Å². The lowest BCUT2D eigenvalue weighted by atomic mass is 10.1. The number of halogens is 1. The zero-order valence-corrected chi connectivity index (χ0v) is 14.3. The normalized spacial score (nSPS) is 14.8. The van der Waals surface area contributed by atoms with Gasteiger partial charge in [-0.2, -0.15) is 0 Å². The van der Waals surface area contributed by atoms with Crippen LogP contribution in [0, 0.1) is 5.82 Å². The third-order valence-corrected chi connectivity index (χ3v) is 6.75. The van der Waals surface area contributed by atoms with E-state index in [1.807, 2.05) is 41.7 Å². The Labute approximate surface area is 144 Å². The van der Waals surface area contributed by atoms with Crippen LogP contribution in [-0.4, -0.2) is 17.4 Å². The molecule has 1 N–H and O–H groups in total. The number of carbonyl (C=O) groups is 1. The summed E-state index contributed by atoms with van der Waals surface area (Å²) in [5.41, 5.74) is 2.63. The van der Waals surface area contributed by atoms with Gasteiger partial charge in [0.05, 0.1) is 4.58 Å². The highest BCUT2D eigenvalue weighted by molar-refractivity contribution is 8.19. The first-order chi connectivity index (χ1) is 11.2. The maximum Gasteiger partial charge on any atom is 0.224 e. The molecule has 0 radical (unpaired) electrons. The molecule has 1 amide bonds. The molecule has 1 heterocycles. The van der Waals surface area contributed by atoms with Gasteiger partial charge in [-0.25, -0.2) is 4.39 Å². The Kier molecular flexibility index (Phi) is 5.62. The van der Waals surface area contributed by atoms with Crippen molar-refractivity contribution >= 4 is 35.1 Å². The van der Waals surface area contributed by atoms with E-state index in [2.05, 4.69) is 11.4 Å². The molecule has 0 aliphatic carbocycles. The average molecular weight is 347 g/mol. The van der Waals surface area contributed by atoms with Gasteiger partial charge in [0.2, 0.25) is 5.91 Å². The maximum atomic E-state index is 13.6. The highest BCUT2D eigenvalue weighted by Gasteiger charge is 2.18. The van der Waals surface area contributed by atoms with Crippen molar-refractivity contribution in [1.29, 1.82) is 0 Å². The summed E-state index contributed by atoms with van der Waals surface area (Å²) in [5.74, 6) is 2.01. The van der Waals surface area contributed by atoms with Crippen molar-refractivity contribution in [3.8, 4) is 0 Å². The third kappa shape index (κ3) is 4.52. The van der Waals surface area contributed by atoms with Crippen molar-refractivity contribution in [1.82, 2.24) is 0 Å². The first-order valence-electron chi connectivity index (χ1n) is 7.59. The van der Waals surface area contributed by atoms with Gasteiger partial charge in [-0.15, -0.1) is 23.5 Å². The van der Waals surface area contributed by atoms with Gasteiger partial charge in [-0.3, -0.25) is 4.79 Å². The van der Waals surface area contributed by atoms with Gasteiger partial charge in [-0.05, 0) is 35.7 Å². The molecule has 0 atom stereocenters. The van der Waals surface area contributed by atoms with Gasteiger partial charge >= 0.3 is 0 Å². The number of benzene rings is 2. The molecule has 1 aliphatic heterocycles.